The molecule has 0 aromatic heterocycles. The molecule has 9 nitrogen and oxygen atoms in total. The molecule has 3 aliphatic rings. The molecular weight excluding hydrogens is 623 g/mol. The van der Waals surface area contributed by atoms with Crippen LogP contribution in [0.1, 0.15) is 30.5 Å². The second-order valence-corrected chi connectivity index (χ2v) is 14.3. The van der Waals surface area contributed by atoms with Gasteiger partial charge in [0.25, 0.3) is 0 Å². The monoisotopic (exact) mass is 653 g/mol. The number of hydrogen-bond acceptors (Lipinski definition) is 12. The summed E-state index contributed by atoms with van der Waals surface area (Å²) in [4.78, 5) is 56.5. The number of carbonyl (C=O) groups excluding carboxylic acids is 4. The summed E-state index contributed by atoms with van der Waals surface area (Å²) in [7, 11) is 4.88. The van der Waals surface area contributed by atoms with Gasteiger partial charge in [0.05, 0.1) is 39.6 Å². The Labute approximate surface area is 268 Å². The maximum Gasteiger partial charge on any atom is 0.345 e. The number of carbonyl (C=O) groups is 4. The lowest BCUT2D eigenvalue weighted by Crippen LogP contribution is -2.50. The van der Waals surface area contributed by atoms with Crippen LogP contribution < -0.4 is 4.90 Å². The van der Waals surface area contributed by atoms with Crippen LogP contribution in [-0.4, -0.2) is 61.9 Å². The van der Waals surface area contributed by atoms with Gasteiger partial charge in [-0.2, -0.15) is 0 Å². The first-order valence-electron chi connectivity index (χ1n) is 13.5. The molecule has 0 amide bonds. The summed E-state index contributed by atoms with van der Waals surface area (Å²) in [5, 5.41) is 0. The van der Waals surface area contributed by atoms with Crippen LogP contribution in [0.15, 0.2) is 73.7 Å². The van der Waals surface area contributed by atoms with Crippen LogP contribution >= 0.6 is 35.3 Å². The number of fused-ring (bicyclic) bond motifs is 3. The van der Waals surface area contributed by atoms with Crippen molar-refractivity contribution >= 4 is 70.4 Å². The minimum absolute atomic E-state index is 0.0114. The normalized spacial score (nSPS) is 18.1. The number of hydrogen-bond donors (Lipinski definition) is 0. The number of benzene rings is 2. The van der Waals surface area contributed by atoms with Gasteiger partial charge in [-0.1, -0.05) is 77.2 Å². The van der Waals surface area contributed by atoms with Crippen LogP contribution in [0.3, 0.4) is 0 Å². The molecule has 0 unspecified atom stereocenters. The molecule has 0 N–H and O–H groups in total. The third kappa shape index (κ3) is 5.02. The molecule has 0 radical (unpaired) electrons. The third-order valence-corrected chi connectivity index (χ3v) is 12.3. The summed E-state index contributed by atoms with van der Waals surface area (Å²) in [5.74, 6) is -3.07. The van der Waals surface area contributed by atoms with Gasteiger partial charge in [-0.25, -0.2) is 19.2 Å². The number of aryl methyl sites for hydroxylation is 1. The van der Waals surface area contributed by atoms with E-state index in [1.54, 1.807) is 0 Å². The highest BCUT2D eigenvalue weighted by molar-refractivity contribution is 8.26. The molecule has 0 saturated heterocycles. The van der Waals surface area contributed by atoms with E-state index in [1.807, 2.05) is 57.2 Å². The summed E-state index contributed by atoms with van der Waals surface area (Å²) in [6.07, 6.45) is 0. The molecule has 2 aromatic rings. The molecule has 0 atom stereocenters. The number of esters is 4. The lowest BCUT2D eigenvalue weighted by molar-refractivity contribution is -0.138. The number of anilines is 1. The predicted octanol–water partition coefficient (Wildman–Crippen LogP) is 5.59. The average Bonchev–Trinajstić information content (AvgIpc) is 3.42. The Morgan fingerprint density at radius 2 is 1.30 bits per heavy atom. The Bertz CT molecular complexity index is 1650. The standard InChI is InChI=1S/C32H31NO8S3/c1-17-13-14-20-19(15-17)21-26(31(2,3)33(20)16-18-11-9-8-10-12-18)42-23(28(35)39-5)22(27(34)38-4)32(21)43-24(29(36)40-6)25(44-32)30(37)41-7/h8-15H,16H2,1-7H3. The van der Waals surface area contributed by atoms with Crippen LogP contribution in [0, 0.1) is 6.92 Å². The summed E-state index contributed by atoms with van der Waals surface area (Å²) in [6, 6.07) is 16.1. The summed E-state index contributed by atoms with van der Waals surface area (Å²) in [6.45, 7) is 6.61. The van der Waals surface area contributed by atoms with Crippen LogP contribution in [0.5, 0.6) is 0 Å². The summed E-state index contributed by atoms with van der Waals surface area (Å²) in [5.41, 5.74) is 3.62. The van der Waals surface area contributed by atoms with Crippen molar-refractivity contribution in [2.24, 2.45) is 0 Å². The Morgan fingerprint density at radius 3 is 1.84 bits per heavy atom. The highest BCUT2D eigenvalue weighted by Crippen LogP contribution is 2.71. The molecule has 44 heavy (non-hydrogen) atoms. The SMILES string of the molecule is COC(=O)C1=C(C(=O)OC)SC2(S1)C(C(=O)OC)=C(C(=O)OC)SC1=C2c2cc(C)ccc2N(Cc2ccccc2)C1(C)C. The number of nitrogens with zero attached hydrogens (tertiary/aromatic N) is 1. The minimum Gasteiger partial charge on any atom is -0.466 e. The van der Waals surface area contributed by atoms with Crippen LogP contribution in [0.4, 0.5) is 5.69 Å². The smallest absolute Gasteiger partial charge is 0.345 e. The molecule has 3 aliphatic heterocycles. The van der Waals surface area contributed by atoms with E-state index in [-0.39, 0.29) is 20.3 Å². The van der Waals surface area contributed by atoms with Crippen molar-refractivity contribution in [3.8, 4) is 0 Å². The Morgan fingerprint density at radius 1 is 0.750 bits per heavy atom. The van der Waals surface area contributed by atoms with E-state index in [0.717, 1.165) is 62.6 Å². The molecule has 1 spiro atoms. The summed E-state index contributed by atoms with van der Waals surface area (Å²) >= 11 is 3.09. The van der Waals surface area contributed by atoms with Gasteiger partial charge >= 0.3 is 23.9 Å². The molecule has 0 aliphatic carbocycles. The van der Waals surface area contributed by atoms with Crippen molar-refractivity contribution in [3.05, 3.63) is 90.4 Å². The van der Waals surface area contributed by atoms with Gasteiger partial charge < -0.3 is 23.8 Å². The molecule has 0 bridgehead atoms. The molecular formula is C32H31NO8S3. The Balaban J connectivity index is 1.87. The van der Waals surface area contributed by atoms with Crippen molar-refractivity contribution in [1.82, 2.24) is 0 Å². The van der Waals surface area contributed by atoms with Crippen molar-refractivity contribution in [2.75, 3.05) is 33.3 Å². The van der Waals surface area contributed by atoms with E-state index in [1.165, 1.54) is 28.4 Å². The van der Waals surface area contributed by atoms with Crippen molar-refractivity contribution in [3.63, 3.8) is 0 Å². The Hall–Kier alpha value is -3.61. The number of methoxy groups -OCH3 is 4. The van der Waals surface area contributed by atoms with Crippen molar-refractivity contribution < 1.29 is 38.1 Å². The fourth-order valence-electron chi connectivity index (χ4n) is 5.54. The zero-order valence-electron chi connectivity index (χ0n) is 25.3. The second-order valence-electron chi connectivity index (χ2n) is 10.6. The first-order chi connectivity index (χ1) is 20.9. The molecule has 12 heteroatoms. The van der Waals surface area contributed by atoms with Gasteiger partial charge in [0, 0.05) is 28.3 Å². The molecule has 0 saturated carbocycles. The Kier molecular flexibility index (Phi) is 8.71. The molecule has 230 valence electrons. The number of rotatable bonds is 6. The predicted molar refractivity (Wildman–Crippen MR) is 172 cm³/mol. The van der Waals surface area contributed by atoms with Crippen LogP contribution in [0.2, 0.25) is 0 Å². The van der Waals surface area contributed by atoms with E-state index in [0.29, 0.717) is 12.1 Å². The van der Waals surface area contributed by atoms with Crippen molar-refractivity contribution in [2.45, 2.75) is 36.9 Å². The number of ether oxygens (including phenoxy) is 4. The molecule has 2 aromatic carbocycles. The molecule has 0 fully saturated rings. The van der Waals surface area contributed by atoms with Gasteiger partial charge in [0.15, 0.2) is 0 Å². The largest absolute Gasteiger partial charge is 0.466 e. The molecule has 3 heterocycles. The van der Waals surface area contributed by atoms with Gasteiger partial charge in [-0.15, -0.1) is 0 Å². The van der Waals surface area contributed by atoms with E-state index in [2.05, 4.69) is 17.0 Å². The van der Waals surface area contributed by atoms with E-state index in [9.17, 15) is 19.2 Å². The topological polar surface area (TPSA) is 108 Å². The maximum atomic E-state index is 13.8. The van der Waals surface area contributed by atoms with E-state index >= 15 is 0 Å². The van der Waals surface area contributed by atoms with Crippen LogP contribution in [0.25, 0.3) is 5.57 Å². The zero-order valence-corrected chi connectivity index (χ0v) is 27.7. The van der Waals surface area contributed by atoms with Crippen molar-refractivity contribution in [1.29, 1.82) is 0 Å². The highest BCUT2D eigenvalue weighted by atomic mass is 32.2. The molecule has 5 rings (SSSR count). The maximum absolute atomic E-state index is 13.8. The number of thioether (sulfide) groups is 3. The van der Waals surface area contributed by atoms with Gasteiger partial charge in [0.2, 0.25) is 0 Å². The second kappa shape index (κ2) is 12.1. The fourth-order valence-corrected chi connectivity index (χ4v) is 10.6. The highest BCUT2D eigenvalue weighted by Gasteiger charge is 2.61. The van der Waals surface area contributed by atoms with Gasteiger partial charge in [-0.3, -0.25) is 0 Å². The van der Waals surface area contributed by atoms with E-state index in [4.69, 9.17) is 18.9 Å². The van der Waals surface area contributed by atoms with Crippen LogP contribution in [-0.2, 0) is 44.7 Å². The lowest BCUT2D eigenvalue weighted by Gasteiger charge is -2.52. The van der Waals surface area contributed by atoms with E-state index < -0.39 is 33.5 Å². The first kappa shape index (κ1) is 31.8. The minimum atomic E-state index is -1.51. The third-order valence-electron chi connectivity index (χ3n) is 7.64. The van der Waals surface area contributed by atoms with Gasteiger partial charge in [0.1, 0.15) is 18.8 Å². The fraction of sp³-hybridized carbons (Fsp3) is 0.312. The first-order valence-corrected chi connectivity index (χ1v) is 16.0. The van der Waals surface area contributed by atoms with Gasteiger partial charge in [-0.05, 0) is 38.5 Å². The zero-order chi connectivity index (χ0) is 32.0. The quantitative estimate of drug-likeness (QED) is 0.287. The summed E-state index contributed by atoms with van der Waals surface area (Å²) < 4.78 is 19.1. The lowest BCUT2D eigenvalue weighted by atomic mass is 9.82. The average molecular weight is 654 g/mol.